The topological polar surface area (TPSA) is 31.2 Å². The Morgan fingerprint density at radius 2 is 2.06 bits per heavy atom. The zero-order chi connectivity index (χ0) is 12.5. The highest BCUT2D eigenvalue weighted by molar-refractivity contribution is 6.18. The van der Waals surface area contributed by atoms with Crippen molar-refractivity contribution < 1.29 is 9.53 Å². The summed E-state index contributed by atoms with van der Waals surface area (Å²) in [5, 5.41) is 0. The average molecular weight is 262 g/mol. The predicted molar refractivity (Wildman–Crippen MR) is 69.9 cm³/mol. The van der Waals surface area contributed by atoms with E-state index in [4.69, 9.17) is 16.3 Å². The first-order valence-corrected chi connectivity index (χ1v) is 6.38. The highest BCUT2D eigenvalue weighted by atomic mass is 35.5. The van der Waals surface area contributed by atoms with Gasteiger partial charge in [0, 0.05) is 18.5 Å². The third kappa shape index (κ3) is 1.71. The number of halogens is 1. The van der Waals surface area contributed by atoms with Crippen LogP contribution >= 0.6 is 11.6 Å². The lowest BCUT2D eigenvalue weighted by Crippen LogP contribution is -2.27. The zero-order valence-electron chi connectivity index (χ0n) is 9.67. The monoisotopic (exact) mass is 261 g/mol. The zero-order valence-corrected chi connectivity index (χ0v) is 10.4. The van der Waals surface area contributed by atoms with E-state index in [-0.39, 0.29) is 5.78 Å². The molecule has 0 fully saturated rings. The van der Waals surface area contributed by atoms with Crippen LogP contribution in [0.3, 0.4) is 0 Å². The Labute approximate surface area is 110 Å². The van der Waals surface area contributed by atoms with E-state index in [0.717, 1.165) is 11.4 Å². The van der Waals surface area contributed by atoms with Crippen LogP contribution < -0.4 is 4.74 Å². The first-order chi connectivity index (χ1) is 8.81. The molecular formula is C14H12ClNO2. The summed E-state index contributed by atoms with van der Waals surface area (Å²) in [5.74, 6) is 1.10. The molecule has 0 N–H and O–H groups in total. The summed E-state index contributed by atoms with van der Waals surface area (Å²) in [6.45, 7) is 0. The van der Waals surface area contributed by atoms with Crippen LogP contribution in [0, 0.1) is 0 Å². The van der Waals surface area contributed by atoms with Gasteiger partial charge in [0.1, 0.15) is 5.75 Å². The molecule has 0 bridgehead atoms. The van der Waals surface area contributed by atoms with Gasteiger partial charge in [-0.1, -0.05) is 12.1 Å². The number of carbonyl (C=O) groups is 1. The fourth-order valence-corrected chi connectivity index (χ4v) is 2.41. The van der Waals surface area contributed by atoms with Gasteiger partial charge in [0.2, 0.25) is 5.78 Å². The van der Waals surface area contributed by atoms with Gasteiger partial charge in [-0.05, 0) is 24.3 Å². The van der Waals surface area contributed by atoms with E-state index >= 15 is 0 Å². The minimum Gasteiger partial charge on any atom is -0.480 e. The fraction of sp³-hybridized carbons (Fsp3) is 0.214. The molecule has 4 heteroatoms. The number of hydrogen-bond donors (Lipinski definition) is 0. The summed E-state index contributed by atoms with van der Waals surface area (Å²) in [5.41, 5.74) is 1.54. The molecule has 92 valence electrons. The molecule has 0 aliphatic carbocycles. The van der Waals surface area contributed by atoms with Crippen LogP contribution in [-0.4, -0.2) is 22.3 Å². The molecule has 0 saturated carbocycles. The van der Waals surface area contributed by atoms with Crippen LogP contribution in [0.5, 0.6) is 5.75 Å². The average Bonchev–Trinajstić information content (AvgIpc) is 2.83. The minimum absolute atomic E-state index is 0.0168. The van der Waals surface area contributed by atoms with Gasteiger partial charge in [0.25, 0.3) is 0 Å². The van der Waals surface area contributed by atoms with E-state index in [1.807, 2.05) is 47.2 Å². The maximum Gasteiger partial charge on any atom is 0.219 e. The second-order valence-electron chi connectivity index (χ2n) is 4.18. The van der Waals surface area contributed by atoms with Gasteiger partial charge in [0.15, 0.2) is 6.10 Å². The van der Waals surface area contributed by atoms with Gasteiger partial charge in [-0.2, -0.15) is 0 Å². The number of aromatic nitrogens is 1. The second-order valence-corrected chi connectivity index (χ2v) is 4.56. The third-order valence-electron chi connectivity index (χ3n) is 3.06. The number of ketones is 1. The summed E-state index contributed by atoms with van der Waals surface area (Å²) < 4.78 is 7.66. The van der Waals surface area contributed by atoms with Crippen LogP contribution in [0.25, 0.3) is 5.69 Å². The third-order valence-corrected chi connectivity index (χ3v) is 3.28. The Balaban J connectivity index is 2.17. The SMILES string of the molecule is O=C1c2cccn2-c2ccccc2OC1CCCl. The Kier molecular flexibility index (Phi) is 2.84. The van der Waals surface area contributed by atoms with Crippen molar-refractivity contribution in [2.45, 2.75) is 12.5 Å². The lowest BCUT2D eigenvalue weighted by Gasteiger charge is -2.14. The number of hydrogen-bond acceptors (Lipinski definition) is 2. The van der Waals surface area contributed by atoms with Gasteiger partial charge in [0.05, 0.1) is 11.4 Å². The maximum absolute atomic E-state index is 12.4. The van der Waals surface area contributed by atoms with Gasteiger partial charge in [-0.3, -0.25) is 4.79 Å². The highest BCUT2D eigenvalue weighted by Gasteiger charge is 2.28. The molecular weight excluding hydrogens is 250 g/mol. The number of fused-ring (bicyclic) bond motifs is 3. The van der Waals surface area contributed by atoms with Crippen molar-refractivity contribution in [3.05, 3.63) is 48.3 Å². The van der Waals surface area contributed by atoms with Gasteiger partial charge in [-0.25, -0.2) is 0 Å². The fourth-order valence-electron chi connectivity index (χ4n) is 2.21. The molecule has 1 aromatic carbocycles. The summed E-state index contributed by atoms with van der Waals surface area (Å²) in [4.78, 5) is 12.4. The smallest absolute Gasteiger partial charge is 0.219 e. The van der Waals surface area contributed by atoms with E-state index in [2.05, 4.69) is 0 Å². The normalized spacial score (nSPS) is 17.6. The highest BCUT2D eigenvalue weighted by Crippen LogP contribution is 2.30. The van der Waals surface area contributed by atoms with E-state index in [1.165, 1.54) is 0 Å². The molecule has 0 amide bonds. The summed E-state index contributed by atoms with van der Waals surface area (Å²) in [7, 11) is 0. The molecule has 0 saturated heterocycles. The molecule has 0 radical (unpaired) electrons. The lowest BCUT2D eigenvalue weighted by molar-refractivity contribution is 0.0791. The molecule has 1 aliphatic rings. The number of ether oxygens (including phenoxy) is 1. The number of nitrogens with zero attached hydrogens (tertiary/aromatic N) is 1. The number of benzene rings is 1. The number of alkyl halides is 1. The Hall–Kier alpha value is -1.74. The maximum atomic E-state index is 12.4. The van der Waals surface area contributed by atoms with Crippen molar-refractivity contribution in [2.75, 3.05) is 5.88 Å². The van der Waals surface area contributed by atoms with Crippen molar-refractivity contribution >= 4 is 17.4 Å². The van der Waals surface area contributed by atoms with Crippen LogP contribution in [0.2, 0.25) is 0 Å². The number of Topliss-reactive ketones (excluding diaryl/α,β-unsaturated/α-hetero) is 1. The van der Waals surface area contributed by atoms with Gasteiger partial charge < -0.3 is 9.30 Å². The van der Waals surface area contributed by atoms with Crippen LogP contribution in [0.15, 0.2) is 42.6 Å². The van der Waals surface area contributed by atoms with E-state index in [9.17, 15) is 4.79 Å². The molecule has 0 spiro atoms. The predicted octanol–water partition coefficient (Wildman–Crippen LogP) is 3.05. The van der Waals surface area contributed by atoms with Gasteiger partial charge >= 0.3 is 0 Å². The molecule has 1 unspecified atom stereocenters. The summed E-state index contributed by atoms with van der Waals surface area (Å²) >= 11 is 5.74. The molecule has 3 rings (SSSR count). The molecule has 2 heterocycles. The summed E-state index contributed by atoms with van der Waals surface area (Å²) in [6.07, 6.45) is 1.89. The molecule has 1 atom stereocenters. The lowest BCUT2D eigenvalue weighted by atomic mass is 10.1. The standard InChI is InChI=1S/C14H12ClNO2/c15-8-7-13-14(17)11-5-3-9-16(11)10-4-1-2-6-12(10)18-13/h1-6,9,13H,7-8H2. The van der Waals surface area contributed by atoms with Crippen molar-refractivity contribution in [1.82, 2.24) is 4.57 Å². The first-order valence-electron chi connectivity index (χ1n) is 5.85. The quantitative estimate of drug-likeness (QED) is 0.778. The van der Waals surface area contributed by atoms with E-state index in [1.54, 1.807) is 0 Å². The second kappa shape index (κ2) is 4.50. The largest absolute Gasteiger partial charge is 0.480 e. The molecule has 2 aromatic rings. The molecule has 1 aliphatic heterocycles. The number of para-hydroxylation sites is 2. The summed E-state index contributed by atoms with van der Waals surface area (Å²) in [6, 6.07) is 11.3. The number of carbonyl (C=O) groups excluding carboxylic acids is 1. The molecule has 18 heavy (non-hydrogen) atoms. The van der Waals surface area contributed by atoms with Crippen LogP contribution in [0.4, 0.5) is 0 Å². The van der Waals surface area contributed by atoms with Crippen LogP contribution in [-0.2, 0) is 0 Å². The Morgan fingerprint density at radius 3 is 2.89 bits per heavy atom. The van der Waals surface area contributed by atoms with E-state index in [0.29, 0.717) is 18.0 Å². The van der Waals surface area contributed by atoms with Crippen molar-refractivity contribution in [3.63, 3.8) is 0 Å². The van der Waals surface area contributed by atoms with Gasteiger partial charge in [-0.15, -0.1) is 11.6 Å². The molecule has 3 nitrogen and oxygen atoms in total. The Morgan fingerprint density at radius 1 is 1.22 bits per heavy atom. The van der Waals surface area contributed by atoms with Crippen molar-refractivity contribution in [1.29, 1.82) is 0 Å². The first kappa shape index (κ1) is 11.4. The molecule has 1 aromatic heterocycles. The van der Waals surface area contributed by atoms with E-state index < -0.39 is 6.10 Å². The minimum atomic E-state index is -0.500. The van der Waals surface area contributed by atoms with Crippen molar-refractivity contribution in [3.8, 4) is 11.4 Å². The number of rotatable bonds is 2. The Bertz CT molecular complexity index is 591. The van der Waals surface area contributed by atoms with Crippen LogP contribution in [0.1, 0.15) is 16.9 Å². The van der Waals surface area contributed by atoms with Crippen molar-refractivity contribution in [2.24, 2.45) is 0 Å².